The molecule has 1 N–H and O–H groups in total. The van der Waals surface area contributed by atoms with Crippen LogP contribution in [-0.2, 0) is 0 Å². The number of hydrogen-bond acceptors (Lipinski definition) is 5. The van der Waals surface area contributed by atoms with E-state index in [9.17, 15) is 14.9 Å². The van der Waals surface area contributed by atoms with E-state index in [1.807, 2.05) is 0 Å². The molecule has 1 heterocycles. The molecular formula is C12H9ClN4O3. The number of nitrogens with one attached hydrogen (secondary N) is 1. The first-order valence-electron chi connectivity index (χ1n) is 5.52. The number of aromatic nitrogens is 2. The molecule has 102 valence electrons. The number of amides is 1. The summed E-state index contributed by atoms with van der Waals surface area (Å²) < 4.78 is 0. The second-order valence-corrected chi connectivity index (χ2v) is 4.32. The quantitative estimate of drug-likeness (QED) is 0.532. The Hall–Kier alpha value is -2.54. The maximum atomic E-state index is 12.1. The van der Waals surface area contributed by atoms with Gasteiger partial charge in [-0.2, -0.15) is 0 Å². The minimum atomic E-state index is -0.664. The number of hydrogen-bond donors (Lipinski definition) is 1. The van der Waals surface area contributed by atoms with E-state index in [4.69, 9.17) is 11.6 Å². The predicted octanol–water partition coefficient (Wildman–Crippen LogP) is 2.60. The first-order valence-corrected chi connectivity index (χ1v) is 5.90. The molecule has 2 rings (SSSR count). The summed E-state index contributed by atoms with van der Waals surface area (Å²) in [6.45, 7) is 1.73. The van der Waals surface area contributed by atoms with Crippen LogP contribution >= 0.6 is 11.6 Å². The lowest BCUT2D eigenvalue weighted by molar-refractivity contribution is -0.385. The number of nitro benzene ring substituents is 1. The molecule has 0 aliphatic carbocycles. The minimum Gasteiger partial charge on any atom is -0.290 e. The molecule has 2 aromatic rings. The number of benzene rings is 1. The van der Waals surface area contributed by atoms with Gasteiger partial charge in [0.25, 0.3) is 11.6 Å². The summed E-state index contributed by atoms with van der Waals surface area (Å²) in [6.07, 6.45) is 1.37. The van der Waals surface area contributed by atoms with Crippen molar-refractivity contribution in [2.45, 2.75) is 6.92 Å². The molecule has 0 saturated heterocycles. The fourth-order valence-corrected chi connectivity index (χ4v) is 1.69. The van der Waals surface area contributed by atoms with Crippen LogP contribution in [0.4, 0.5) is 11.6 Å². The average Bonchev–Trinajstić information content (AvgIpc) is 2.38. The van der Waals surface area contributed by atoms with E-state index in [0.29, 0.717) is 0 Å². The lowest BCUT2D eigenvalue weighted by Gasteiger charge is -2.05. The molecule has 0 saturated carbocycles. The summed E-state index contributed by atoms with van der Waals surface area (Å²) in [5.41, 5.74) is 0.390. The Bertz CT molecular complexity index is 690. The van der Waals surface area contributed by atoms with E-state index in [-0.39, 0.29) is 22.4 Å². The monoisotopic (exact) mass is 292 g/mol. The fraction of sp³-hybridized carbons (Fsp3) is 0.0833. The van der Waals surface area contributed by atoms with Crippen molar-refractivity contribution in [3.63, 3.8) is 0 Å². The standard InChI is InChI=1S/C12H9ClN4O3/c1-7-2-3-9(17(19)20)8(6-7)11(18)16-12-14-5-4-10(13)15-12/h2-6H,1H3,(H,14,15,16,18). The van der Waals surface area contributed by atoms with Gasteiger partial charge in [-0.05, 0) is 24.6 Å². The molecule has 0 unspecified atom stereocenters. The lowest BCUT2D eigenvalue weighted by atomic mass is 10.1. The second kappa shape index (κ2) is 5.62. The van der Waals surface area contributed by atoms with Crippen LogP contribution in [0.5, 0.6) is 0 Å². The Morgan fingerprint density at radius 1 is 1.40 bits per heavy atom. The third-order valence-electron chi connectivity index (χ3n) is 2.44. The first-order chi connectivity index (χ1) is 9.47. The van der Waals surface area contributed by atoms with Crippen LogP contribution in [0.2, 0.25) is 5.15 Å². The molecule has 0 aliphatic rings. The molecule has 0 atom stereocenters. The van der Waals surface area contributed by atoms with Gasteiger partial charge in [0.05, 0.1) is 4.92 Å². The highest BCUT2D eigenvalue weighted by Crippen LogP contribution is 2.20. The van der Waals surface area contributed by atoms with Crippen molar-refractivity contribution < 1.29 is 9.72 Å². The number of nitro groups is 1. The number of rotatable bonds is 3. The number of anilines is 1. The zero-order chi connectivity index (χ0) is 14.7. The predicted molar refractivity (Wildman–Crippen MR) is 72.8 cm³/mol. The van der Waals surface area contributed by atoms with Gasteiger partial charge in [0, 0.05) is 12.3 Å². The number of halogens is 1. The Morgan fingerprint density at radius 2 is 2.15 bits per heavy atom. The van der Waals surface area contributed by atoms with Crippen LogP contribution in [0.25, 0.3) is 0 Å². The molecule has 7 nitrogen and oxygen atoms in total. The highest BCUT2D eigenvalue weighted by molar-refractivity contribution is 6.29. The van der Waals surface area contributed by atoms with Gasteiger partial charge < -0.3 is 0 Å². The summed E-state index contributed by atoms with van der Waals surface area (Å²) in [6, 6.07) is 5.72. The van der Waals surface area contributed by atoms with Crippen LogP contribution in [-0.4, -0.2) is 20.8 Å². The Balaban J connectivity index is 2.34. The van der Waals surface area contributed by atoms with Crippen molar-refractivity contribution in [3.05, 3.63) is 56.9 Å². The van der Waals surface area contributed by atoms with Crippen LogP contribution < -0.4 is 5.32 Å². The molecule has 0 bridgehead atoms. The number of nitrogens with zero attached hydrogens (tertiary/aromatic N) is 3. The van der Waals surface area contributed by atoms with E-state index >= 15 is 0 Å². The normalized spacial score (nSPS) is 10.1. The first kappa shape index (κ1) is 13.9. The van der Waals surface area contributed by atoms with Crippen LogP contribution in [0.3, 0.4) is 0 Å². The van der Waals surface area contributed by atoms with Gasteiger partial charge in [0.2, 0.25) is 5.95 Å². The van der Waals surface area contributed by atoms with Gasteiger partial charge in [-0.15, -0.1) is 0 Å². The molecule has 0 radical (unpaired) electrons. The molecule has 1 aromatic heterocycles. The van der Waals surface area contributed by atoms with Gasteiger partial charge in [-0.25, -0.2) is 9.97 Å². The molecule has 0 aliphatic heterocycles. The van der Waals surface area contributed by atoms with Gasteiger partial charge in [0.15, 0.2) is 0 Å². The van der Waals surface area contributed by atoms with Crippen molar-refractivity contribution >= 4 is 29.1 Å². The Labute approximate surface area is 118 Å². The number of carbonyl (C=O) groups is 1. The van der Waals surface area contributed by atoms with E-state index in [2.05, 4.69) is 15.3 Å². The topological polar surface area (TPSA) is 98.0 Å². The molecule has 1 aromatic carbocycles. The molecule has 8 heteroatoms. The second-order valence-electron chi connectivity index (χ2n) is 3.93. The summed E-state index contributed by atoms with van der Waals surface area (Å²) in [4.78, 5) is 30.0. The van der Waals surface area contributed by atoms with Gasteiger partial charge in [-0.3, -0.25) is 20.2 Å². The molecule has 20 heavy (non-hydrogen) atoms. The van der Waals surface area contributed by atoms with Gasteiger partial charge in [0.1, 0.15) is 10.7 Å². The van der Waals surface area contributed by atoms with Crippen molar-refractivity contribution in [1.29, 1.82) is 0 Å². The van der Waals surface area contributed by atoms with Crippen molar-refractivity contribution in [2.24, 2.45) is 0 Å². The largest absolute Gasteiger partial charge is 0.290 e. The summed E-state index contributed by atoms with van der Waals surface area (Å²) in [7, 11) is 0. The van der Waals surface area contributed by atoms with E-state index in [1.54, 1.807) is 13.0 Å². The van der Waals surface area contributed by atoms with Crippen LogP contribution in [0, 0.1) is 17.0 Å². The van der Waals surface area contributed by atoms with Gasteiger partial charge in [-0.1, -0.05) is 17.7 Å². The number of aryl methyl sites for hydroxylation is 1. The van der Waals surface area contributed by atoms with Crippen molar-refractivity contribution in [2.75, 3.05) is 5.32 Å². The van der Waals surface area contributed by atoms with Crippen LogP contribution in [0.1, 0.15) is 15.9 Å². The maximum absolute atomic E-state index is 12.1. The molecule has 1 amide bonds. The van der Waals surface area contributed by atoms with E-state index in [1.165, 1.54) is 24.4 Å². The van der Waals surface area contributed by atoms with E-state index < -0.39 is 10.8 Å². The van der Waals surface area contributed by atoms with Gasteiger partial charge >= 0.3 is 0 Å². The lowest BCUT2D eigenvalue weighted by Crippen LogP contribution is -2.16. The zero-order valence-electron chi connectivity index (χ0n) is 10.3. The molecular weight excluding hydrogens is 284 g/mol. The fourth-order valence-electron chi connectivity index (χ4n) is 1.56. The summed E-state index contributed by atoms with van der Waals surface area (Å²) >= 11 is 5.67. The highest BCUT2D eigenvalue weighted by atomic mass is 35.5. The minimum absolute atomic E-state index is 0.0155. The SMILES string of the molecule is Cc1ccc([N+](=O)[O-])c(C(=O)Nc2nccc(Cl)n2)c1. The summed E-state index contributed by atoms with van der Waals surface area (Å²) in [5.74, 6) is -0.680. The van der Waals surface area contributed by atoms with E-state index in [0.717, 1.165) is 5.56 Å². The third kappa shape index (κ3) is 3.07. The smallest absolute Gasteiger partial charge is 0.282 e. The molecule has 0 spiro atoms. The summed E-state index contributed by atoms with van der Waals surface area (Å²) in [5, 5.41) is 13.4. The third-order valence-corrected chi connectivity index (χ3v) is 2.65. The van der Waals surface area contributed by atoms with Crippen molar-refractivity contribution in [3.8, 4) is 0 Å². The maximum Gasteiger partial charge on any atom is 0.282 e. The van der Waals surface area contributed by atoms with Crippen LogP contribution in [0.15, 0.2) is 30.5 Å². The average molecular weight is 293 g/mol. The number of carbonyl (C=O) groups excluding carboxylic acids is 1. The Kier molecular flexibility index (Phi) is 3.90. The molecule has 0 fully saturated rings. The Morgan fingerprint density at radius 3 is 2.80 bits per heavy atom. The highest BCUT2D eigenvalue weighted by Gasteiger charge is 2.20. The zero-order valence-corrected chi connectivity index (χ0v) is 11.1. The van der Waals surface area contributed by atoms with Crippen molar-refractivity contribution in [1.82, 2.24) is 9.97 Å².